The maximum absolute atomic E-state index is 9.67. The Morgan fingerprint density at radius 3 is 1.86 bits per heavy atom. The molecule has 0 amide bonds. The molecule has 0 aromatic carbocycles. The predicted octanol–water partition coefficient (Wildman–Crippen LogP) is 1.06. The van der Waals surface area contributed by atoms with Crippen LogP contribution in [0.25, 0.3) is 0 Å². The van der Waals surface area contributed by atoms with E-state index in [9.17, 15) is 12.9 Å². The monoisotopic (exact) mass is 232 g/mol. The Bertz CT molecular complexity index is 103. The number of hydrogen-bond donors (Lipinski definition) is 0. The van der Waals surface area contributed by atoms with Crippen molar-refractivity contribution in [3.63, 3.8) is 0 Å². The molecule has 0 spiro atoms. The van der Waals surface area contributed by atoms with Crippen LogP contribution in [-0.2, 0) is 0 Å². The standard InChI is InChI=1S/C9H17.BF3.K/c1-2-6-9-7-4-3-5-8-9;2-1(3)4;/h9H,1-8H2;;/q-1;;+1. The second kappa shape index (κ2) is 12.6. The fraction of sp³-hybridized carbons (Fsp3) is 0.889. The summed E-state index contributed by atoms with van der Waals surface area (Å²) in [5, 5.41) is 0. The first kappa shape index (κ1) is 17.9. The third kappa shape index (κ3) is 13.5. The van der Waals surface area contributed by atoms with Crippen molar-refractivity contribution in [1.82, 2.24) is 0 Å². The van der Waals surface area contributed by atoms with Crippen LogP contribution in [0.5, 0.6) is 0 Å². The number of rotatable bonds is 2. The summed E-state index contributed by atoms with van der Waals surface area (Å²) in [5.74, 6) is 1.04. The Balaban J connectivity index is 0. The van der Waals surface area contributed by atoms with Gasteiger partial charge >= 0.3 is 58.9 Å². The van der Waals surface area contributed by atoms with Gasteiger partial charge in [0, 0.05) is 0 Å². The largest absolute Gasteiger partial charge is 1.00 e. The van der Waals surface area contributed by atoms with Crippen LogP contribution >= 0.6 is 0 Å². The SMILES string of the molecule is FB(F)F.[CH2-]CCC1CCCCC1.[K+]. The van der Waals surface area contributed by atoms with Crippen molar-refractivity contribution in [1.29, 1.82) is 0 Å². The van der Waals surface area contributed by atoms with Crippen molar-refractivity contribution in [2.75, 3.05) is 0 Å². The molecule has 1 saturated carbocycles. The Hall–Kier alpha value is 1.49. The fourth-order valence-electron chi connectivity index (χ4n) is 1.76. The molecule has 0 radical (unpaired) electrons. The van der Waals surface area contributed by atoms with E-state index in [1.54, 1.807) is 0 Å². The fourth-order valence-corrected chi connectivity index (χ4v) is 1.76. The predicted molar refractivity (Wildman–Crippen MR) is 50.2 cm³/mol. The van der Waals surface area contributed by atoms with E-state index in [4.69, 9.17) is 0 Å². The first-order chi connectivity index (χ1) is 6.16. The van der Waals surface area contributed by atoms with E-state index >= 15 is 0 Å². The topological polar surface area (TPSA) is 0 Å². The third-order valence-electron chi connectivity index (χ3n) is 2.34. The van der Waals surface area contributed by atoms with Crippen molar-refractivity contribution >= 4 is 7.54 Å². The molecule has 0 unspecified atom stereocenters. The average Bonchev–Trinajstić information content (AvgIpc) is 2.06. The van der Waals surface area contributed by atoms with E-state index in [2.05, 4.69) is 6.92 Å². The van der Waals surface area contributed by atoms with Crippen molar-refractivity contribution < 1.29 is 64.3 Å². The summed E-state index contributed by atoms with van der Waals surface area (Å²) in [5.41, 5.74) is 0. The molecule has 1 fully saturated rings. The van der Waals surface area contributed by atoms with Crippen molar-refractivity contribution in [3.05, 3.63) is 6.92 Å². The molecule has 1 aliphatic rings. The molecule has 0 saturated heterocycles. The summed E-state index contributed by atoms with van der Waals surface area (Å²) >= 11 is 0. The first-order valence-corrected chi connectivity index (χ1v) is 4.88. The van der Waals surface area contributed by atoms with Gasteiger partial charge in [0.2, 0.25) is 0 Å². The van der Waals surface area contributed by atoms with Crippen molar-refractivity contribution in [2.24, 2.45) is 5.92 Å². The van der Waals surface area contributed by atoms with Gasteiger partial charge in [0.25, 0.3) is 0 Å². The second-order valence-corrected chi connectivity index (χ2v) is 3.39. The molecule has 14 heavy (non-hydrogen) atoms. The Morgan fingerprint density at radius 1 is 1.07 bits per heavy atom. The van der Waals surface area contributed by atoms with Crippen molar-refractivity contribution in [3.8, 4) is 0 Å². The van der Waals surface area contributed by atoms with Crippen LogP contribution < -0.4 is 51.4 Å². The Labute approximate surface area is 128 Å². The second-order valence-electron chi connectivity index (χ2n) is 3.39. The molecule has 0 aromatic heterocycles. The third-order valence-corrected chi connectivity index (χ3v) is 2.34. The van der Waals surface area contributed by atoms with Crippen LogP contribution in [0.15, 0.2) is 0 Å². The minimum Gasteiger partial charge on any atom is -0.343 e. The Kier molecular flexibility index (Phi) is 16.0. The van der Waals surface area contributed by atoms with Crippen LogP contribution in [0, 0.1) is 12.8 Å². The van der Waals surface area contributed by atoms with Crippen molar-refractivity contribution in [2.45, 2.75) is 44.9 Å². The van der Waals surface area contributed by atoms with E-state index in [-0.39, 0.29) is 51.4 Å². The van der Waals surface area contributed by atoms with Gasteiger partial charge < -0.3 is 6.92 Å². The normalized spacial score (nSPS) is 16.3. The van der Waals surface area contributed by atoms with Gasteiger partial charge in [0.1, 0.15) is 0 Å². The maximum atomic E-state index is 9.67. The zero-order chi connectivity index (χ0) is 10.1. The van der Waals surface area contributed by atoms with Crippen LogP contribution in [0.1, 0.15) is 44.9 Å². The molecule has 0 heterocycles. The van der Waals surface area contributed by atoms with Gasteiger partial charge in [-0.05, 0) is 5.92 Å². The molecule has 0 aliphatic heterocycles. The van der Waals surface area contributed by atoms with Crippen LogP contribution in [0.4, 0.5) is 12.9 Å². The average molecular weight is 232 g/mol. The minimum absolute atomic E-state index is 0. The summed E-state index contributed by atoms with van der Waals surface area (Å²) in [7, 11) is -3.67. The van der Waals surface area contributed by atoms with Crippen LogP contribution in [0.3, 0.4) is 0 Å². The molecular weight excluding hydrogens is 215 g/mol. The quantitative estimate of drug-likeness (QED) is 0.493. The Morgan fingerprint density at radius 2 is 1.50 bits per heavy atom. The number of halogens is 3. The molecule has 78 valence electrons. The molecule has 0 aromatic rings. The maximum Gasteiger partial charge on any atom is 1.00 e. The zero-order valence-corrected chi connectivity index (χ0v) is 12.1. The molecule has 1 aliphatic carbocycles. The van der Waals surface area contributed by atoms with Gasteiger partial charge in [-0.3, -0.25) is 12.9 Å². The van der Waals surface area contributed by atoms with E-state index in [0.29, 0.717) is 0 Å². The first-order valence-electron chi connectivity index (χ1n) is 4.88. The molecule has 0 atom stereocenters. The molecule has 0 bridgehead atoms. The van der Waals surface area contributed by atoms with Gasteiger partial charge in [-0.2, -0.15) is 6.42 Å². The minimum atomic E-state index is -3.67. The van der Waals surface area contributed by atoms with E-state index in [1.807, 2.05) is 0 Å². The molecule has 1 rings (SSSR count). The van der Waals surface area contributed by atoms with Gasteiger partial charge in [-0.15, -0.1) is 0 Å². The molecule has 0 nitrogen and oxygen atoms in total. The summed E-state index contributed by atoms with van der Waals surface area (Å²) in [6.45, 7) is 3.88. The van der Waals surface area contributed by atoms with E-state index in [0.717, 1.165) is 12.3 Å². The molecule has 5 heteroatoms. The van der Waals surface area contributed by atoms with E-state index in [1.165, 1.54) is 38.5 Å². The van der Waals surface area contributed by atoms with Crippen LogP contribution in [0.2, 0.25) is 0 Å². The van der Waals surface area contributed by atoms with E-state index < -0.39 is 7.54 Å². The molecular formula is C9H17BF3K. The smallest absolute Gasteiger partial charge is 0.343 e. The molecule has 0 N–H and O–H groups in total. The van der Waals surface area contributed by atoms with Crippen LogP contribution in [-0.4, -0.2) is 7.54 Å². The van der Waals surface area contributed by atoms with Gasteiger partial charge in [0.05, 0.1) is 0 Å². The van der Waals surface area contributed by atoms with Gasteiger partial charge in [-0.25, -0.2) is 0 Å². The number of hydrogen-bond acceptors (Lipinski definition) is 0. The van der Waals surface area contributed by atoms with Gasteiger partial charge in [-0.1, -0.05) is 38.5 Å². The summed E-state index contributed by atoms with van der Waals surface area (Å²) in [6.07, 6.45) is 9.92. The summed E-state index contributed by atoms with van der Waals surface area (Å²) in [6, 6.07) is 0. The van der Waals surface area contributed by atoms with Gasteiger partial charge in [0.15, 0.2) is 0 Å². The summed E-state index contributed by atoms with van der Waals surface area (Å²) in [4.78, 5) is 0. The summed E-state index contributed by atoms with van der Waals surface area (Å²) < 4.78 is 29.0. The zero-order valence-electron chi connectivity index (χ0n) is 8.95.